The van der Waals surface area contributed by atoms with Crippen LogP contribution in [-0.2, 0) is 0 Å². The first-order valence-corrected chi connectivity index (χ1v) is 7.56. The second kappa shape index (κ2) is 6.79. The van der Waals surface area contributed by atoms with Crippen molar-refractivity contribution in [2.75, 3.05) is 7.11 Å². The Morgan fingerprint density at radius 1 is 1.26 bits per heavy atom. The minimum Gasteiger partial charge on any atom is -0.497 e. The van der Waals surface area contributed by atoms with E-state index in [1.165, 1.54) is 43.2 Å². The molecule has 104 valence electrons. The second-order valence-corrected chi connectivity index (χ2v) is 5.85. The Hall–Kier alpha value is -1.24. The van der Waals surface area contributed by atoms with E-state index in [-0.39, 0.29) is 0 Å². The first-order chi connectivity index (χ1) is 9.22. The van der Waals surface area contributed by atoms with Gasteiger partial charge in [-0.2, -0.15) is 0 Å². The fourth-order valence-corrected chi connectivity index (χ4v) is 2.91. The maximum atomic E-state index is 5.21. The number of ether oxygens (including phenoxy) is 1. The highest BCUT2D eigenvalue weighted by atomic mass is 16.5. The summed E-state index contributed by atoms with van der Waals surface area (Å²) in [5, 5.41) is 0. The Balaban J connectivity index is 1.96. The van der Waals surface area contributed by atoms with Gasteiger partial charge in [0.2, 0.25) is 0 Å². The smallest absolute Gasteiger partial charge is 0.118 e. The van der Waals surface area contributed by atoms with E-state index in [4.69, 9.17) is 4.74 Å². The molecule has 0 fully saturated rings. The predicted octanol–water partition coefficient (Wildman–Crippen LogP) is 5.31. The van der Waals surface area contributed by atoms with Crippen molar-refractivity contribution in [3.63, 3.8) is 0 Å². The van der Waals surface area contributed by atoms with Crippen molar-refractivity contribution in [3.8, 4) is 5.75 Å². The molecular formula is C18H26O. The first-order valence-electron chi connectivity index (χ1n) is 7.56. The molecule has 19 heavy (non-hydrogen) atoms. The number of hydrogen-bond donors (Lipinski definition) is 0. The molecule has 0 saturated heterocycles. The second-order valence-electron chi connectivity index (χ2n) is 5.85. The lowest BCUT2D eigenvalue weighted by Crippen LogP contribution is -2.09. The van der Waals surface area contributed by atoms with Crippen molar-refractivity contribution in [3.05, 3.63) is 35.9 Å². The summed E-state index contributed by atoms with van der Waals surface area (Å²) in [5.41, 5.74) is 2.88. The lowest BCUT2D eigenvalue weighted by molar-refractivity contribution is 0.362. The topological polar surface area (TPSA) is 9.23 Å². The van der Waals surface area contributed by atoms with Crippen LogP contribution in [0.5, 0.6) is 5.75 Å². The zero-order chi connectivity index (χ0) is 13.7. The van der Waals surface area contributed by atoms with Crippen LogP contribution in [0.1, 0.15) is 51.5 Å². The van der Waals surface area contributed by atoms with E-state index in [1.54, 1.807) is 7.11 Å². The minimum atomic E-state index is 0.876. The molecule has 2 unspecified atom stereocenters. The SMILES string of the molecule is CCC(C)CC1CC=C(c2ccc(OC)cc2)CC1. The molecule has 2 atom stereocenters. The molecular weight excluding hydrogens is 232 g/mol. The van der Waals surface area contributed by atoms with Crippen LogP contribution in [0.15, 0.2) is 30.3 Å². The fraction of sp³-hybridized carbons (Fsp3) is 0.556. The number of rotatable bonds is 5. The Kier molecular flexibility index (Phi) is 5.07. The molecule has 1 nitrogen and oxygen atoms in total. The van der Waals surface area contributed by atoms with Crippen LogP contribution in [0.2, 0.25) is 0 Å². The summed E-state index contributed by atoms with van der Waals surface area (Å²) >= 11 is 0. The number of allylic oxidation sites excluding steroid dienone is 2. The average Bonchev–Trinajstić information content (AvgIpc) is 2.48. The molecule has 1 aromatic carbocycles. The van der Waals surface area contributed by atoms with E-state index in [1.807, 2.05) is 0 Å². The Labute approximate surface area is 117 Å². The number of methoxy groups -OCH3 is 1. The molecule has 1 aliphatic carbocycles. The van der Waals surface area contributed by atoms with Crippen LogP contribution in [-0.4, -0.2) is 7.11 Å². The Bertz CT molecular complexity index is 416. The van der Waals surface area contributed by atoms with Crippen LogP contribution in [0.25, 0.3) is 5.57 Å². The standard InChI is InChI=1S/C18H26O/c1-4-14(2)13-15-5-7-16(8-6-15)17-9-11-18(19-3)12-10-17/h7,9-12,14-15H,4-6,8,13H2,1-3H3. The third kappa shape index (κ3) is 3.86. The van der Waals surface area contributed by atoms with E-state index in [9.17, 15) is 0 Å². The van der Waals surface area contributed by atoms with Gasteiger partial charge >= 0.3 is 0 Å². The minimum absolute atomic E-state index is 0.876. The van der Waals surface area contributed by atoms with Gasteiger partial charge in [-0.25, -0.2) is 0 Å². The molecule has 0 bridgehead atoms. The third-order valence-electron chi connectivity index (χ3n) is 4.41. The largest absolute Gasteiger partial charge is 0.497 e. The van der Waals surface area contributed by atoms with Gasteiger partial charge < -0.3 is 4.74 Å². The van der Waals surface area contributed by atoms with Crippen LogP contribution < -0.4 is 4.74 Å². The van der Waals surface area contributed by atoms with Crippen molar-refractivity contribution in [1.29, 1.82) is 0 Å². The highest BCUT2D eigenvalue weighted by Crippen LogP contribution is 2.34. The highest BCUT2D eigenvalue weighted by Gasteiger charge is 2.17. The highest BCUT2D eigenvalue weighted by molar-refractivity contribution is 5.66. The summed E-state index contributed by atoms with van der Waals surface area (Å²) in [4.78, 5) is 0. The van der Waals surface area contributed by atoms with Gasteiger partial charge in [-0.1, -0.05) is 38.5 Å². The van der Waals surface area contributed by atoms with Crippen LogP contribution in [0.4, 0.5) is 0 Å². The average molecular weight is 258 g/mol. The predicted molar refractivity (Wildman–Crippen MR) is 82.4 cm³/mol. The van der Waals surface area contributed by atoms with Crippen LogP contribution >= 0.6 is 0 Å². The van der Waals surface area contributed by atoms with Crippen molar-refractivity contribution in [2.45, 2.75) is 46.0 Å². The zero-order valence-electron chi connectivity index (χ0n) is 12.5. The molecule has 0 aromatic heterocycles. The summed E-state index contributed by atoms with van der Waals surface area (Å²) < 4.78 is 5.21. The van der Waals surface area contributed by atoms with Gasteiger partial charge in [0.15, 0.2) is 0 Å². The van der Waals surface area contributed by atoms with Crippen molar-refractivity contribution >= 4 is 5.57 Å². The van der Waals surface area contributed by atoms with E-state index in [0.717, 1.165) is 17.6 Å². The van der Waals surface area contributed by atoms with Gasteiger partial charge in [-0.15, -0.1) is 0 Å². The van der Waals surface area contributed by atoms with Gasteiger partial charge in [0, 0.05) is 0 Å². The number of hydrogen-bond acceptors (Lipinski definition) is 1. The molecule has 0 spiro atoms. The van der Waals surface area contributed by atoms with Crippen molar-refractivity contribution < 1.29 is 4.74 Å². The molecule has 0 aliphatic heterocycles. The molecule has 1 heteroatoms. The van der Waals surface area contributed by atoms with Gasteiger partial charge in [0.05, 0.1) is 7.11 Å². The fourth-order valence-electron chi connectivity index (χ4n) is 2.91. The zero-order valence-corrected chi connectivity index (χ0v) is 12.5. The first kappa shape index (κ1) is 14.2. The van der Waals surface area contributed by atoms with E-state index in [2.05, 4.69) is 44.2 Å². The molecule has 1 aliphatic rings. The quantitative estimate of drug-likeness (QED) is 0.695. The molecule has 0 amide bonds. The molecule has 0 saturated carbocycles. The molecule has 0 heterocycles. The van der Waals surface area contributed by atoms with E-state index < -0.39 is 0 Å². The summed E-state index contributed by atoms with van der Waals surface area (Å²) in [6.07, 6.45) is 8.99. The summed E-state index contributed by atoms with van der Waals surface area (Å²) in [6, 6.07) is 8.47. The Morgan fingerprint density at radius 2 is 2.00 bits per heavy atom. The number of benzene rings is 1. The molecule has 1 aromatic rings. The normalized spacial score (nSPS) is 20.8. The van der Waals surface area contributed by atoms with E-state index in [0.29, 0.717) is 0 Å². The lowest BCUT2D eigenvalue weighted by atomic mass is 9.81. The molecule has 0 radical (unpaired) electrons. The van der Waals surface area contributed by atoms with Crippen LogP contribution in [0, 0.1) is 11.8 Å². The summed E-state index contributed by atoms with van der Waals surface area (Å²) in [7, 11) is 1.72. The monoisotopic (exact) mass is 258 g/mol. The van der Waals surface area contributed by atoms with E-state index >= 15 is 0 Å². The van der Waals surface area contributed by atoms with Gasteiger partial charge in [0.1, 0.15) is 5.75 Å². The molecule has 2 rings (SSSR count). The molecule has 0 N–H and O–H groups in total. The van der Waals surface area contributed by atoms with Crippen LogP contribution in [0.3, 0.4) is 0 Å². The summed E-state index contributed by atoms with van der Waals surface area (Å²) in [5.74, 6) is 2.72. The van der Waals surface area contributed by atoms with Gasteiger partial charge in [0.25, 0.3) is 0 Å². The van der Waals surface area contributed by atoms with Gasteiger partial charge in [-0.3, -0.25) is 0 Å². The third-order valence-corrected chi connectivity index (χ3v) is 4.41. The van der Waals surface area contributed by atoms with Crippen molar-refractivity contribution in [2.24, 2.45) is 11.8 Å². The Morgan fingerprint density at radius 3 is 2.53 bits per heavy atom. The van der Waals surface area contributed by atoms with Gasteiger partial charge in [-0.05, 0) is 60.8 Å². The lowest BCUT2D eigenvalue weighted by Gasteiger charge is -2.24. The van der Waals surface area contributed by atoms with Crippen molar-refractivity contribution in [1.82, 2.24) is 0 Å². The summed E-state index contributed by atoms with van der Waals surface area (Å²) in [6.45, 7) is 4.68. The maximum Gasteiger partial charge on any atom is 0.118 e. The maximum absolute atomic E-state index is 5.21.